The molecule has 2 heterocycles. The van der Waals surface area contributed by atoms with E-state index in [0.717, 1.165) is 30.6 Å². The standard InChI is InChI=1S/C20H25F3N4/c1-5-10-27-14(2)11-19(3,12-18(27)17-13-26(4)25-24-17)15-6-8-16(9-7-15)20(21,22)23/h5-9,13-14,18H,1,10-12H2,2-4H3/t14-,18-,19+/m0/s1. The quantitative estimate of drug-likeness (QED) is 0.735. The molecule has 2 aromatic rings. The van der Waals surface area contributed by atoms with Gasteiger partial charge in [0.15, 0.2) is 0 Å². The minimum Gasteiger partial charge on any atom is -0.288 e. The highest BCUT2D eigenvalue weighted by Gasteiger charge is 2.43. The highest BCUT2D eigenvalue weighted by Crippen LogP contribution is 2.46. The molecule has 1 fully saturated rings. The molecule has 3 rings (SSSR count). The van der Waals surface area contributed by atoms with E-state index in [1.165, 1.54) is 12.1 Å². The molecule has 7 heteroatoms. The van der Waals surface area contributed by atoms with E-state index in [2.05, 4.69) is 35.6 Å². The molecule has 0 aliphatic carbocycles. The van der Waals surface area contributed by atoms with Crippen LogP contribution in [0.5, 0.6) is 0 Å². The number of aromatic nitrogens is 3. The average Bonchev–Trinajstić information content (AvgIpc) is 3.03. The van der Waals surface area contributed by atoms with Crippen molar-refractivity contribution in [2.24, 2.45) is 7.05 Å². The van der Waals surface area contributed by atoms with E-state index in [1.807, 2.05) is 19.3 Å². The Morgan fingerprint density at radius 1 is 1.26 bits per heavy atom. The summed E-state index contributed by atoms with van der Waals surface area (Å²) in [4.78, 5) is 2.34. The highest BCUT2D eigenvalue weighted by atomic mass is 19.4. The van der Waals surface area contributed by atoms with Gasteiger partial charge in [-0.3, -0.25) is 9.58 Å². The van der Waals surface area contributed by atoms with Crippen LogP contribution < -0.4 is 0 Å². The van der Waals surface area contributed by atoms with Gasteiger partial charge in [0.05, 0.1) is 17.3 Å². The zero-order valence-corrected chi connectivity index (χ0v) is 15.9. The number of rotatable bonds is 4. The number of benzene rings is 1. The van der Waals surface area contributed by atoms with E-state index in [-0.39, 0.29) is 17.5 Å². The summed E-state index contributed by atoms with van der Waals surface area (Å²) in [5.41, 5.74) is 0.944. The topological polar surface area (TPSA) is 34.0 Å². The molecule has 146 valence electrons. The van der Waals surface area contributed by atoms with E-state index < -0.39 is 11.7 Å². The van der Waals surface area contributed by atoms with Crippen molar-refractivity contribution in [3.8, 4) is 0 Å². The number of nitrogens with zero attached hydrogens (tertiary/aromatic N) is 4. The minimum atomic E-state index is -4.32. The van der Waals surface area contributed by atoms with Crippen LogP contribution in [0.4, 0.5) is 13.2 Å². The van der Waals surface area contributed by atoms with Gasteiger partial charge in [-0.2, -0.15) is 13.2 Å². The van der Waals surface area contributed by atoms with Crippen LogP contribution in [-0.4, -0.2) is 32.5 Å². The van der Waals surface area contributed by atoms with Gasteiger partial charge in [-0.15, -0.1) is 11.7 Å². The zero-order valence-electron chi connectivity index (χ0n) is 15.9. The maximum Gasteiger partial charge on any atom is 0.416 e. The predicted molar refractivity (Wildman–Crippen MR) is 98.1 cm³/mol. The average molecular weight is 378 g/mol. The number of aryl methyl sites for hydroxylation is 1. The Bertz CT molecular complexity index is 796. The third-order valence-corrected chi connectivity index (χ3v) is 5.57. The molecular weight excluding hydrogens is 353 g/mol. The first-order valence-electron chi connectivity index (χ1n) is 9.04. The zero-order chi connectivity index (χ0) is 19.8. The first-order chi connectivity index (χ1) is 12.6. The monoisotopic (exact) mass is 378 g/mol. The fourth-order valence-corrected chi connectivity index (χ4v) is 4.25. The van der Waals surface area contributed by atoms with Gasteiger partial charge in [-0.05, 0) is 42.9 Å². The summed E-state index contributed by atoms with van der Waals surface area (Å²) in [5.74, 6) is 0. The van der Waals surface area contributed by atoms with Crippen molar-refractivity contribution < 1.29 is 13.2 Å². The predicted octanol–water partition coefficient (Wildman–Crippen LogP) is 4.50. The van der Waals surface area contributed by atoms with Crippen molar-refractivity contribution in [1.82, 2.24) is 19.9 Å². The molecule has 0 unspecified atom stereocenters. The fraction of sp³-hybridized carbons (Fsp3) is 0.500. The Balaban J connectivity index is 1.94. The molecule has 0 bridgehead atoms. The lowest BCUT2D eigenvalue weighted by Crippen LogP contribution is -2.48. The van der Waals surface area contributed by atoms with Gasteiger partial charge in [0.25, 0.3) is 0 Å². The smallest absolute Gasteiger partial charge is 0.288 e. The summed E-state index contributed by atoms with van der Waals surface area (Å²) in [6, 6.07) is 5.86. The molecule has 0 spiro atoms. The molecule has 0 amide bonds. The van der Waals surface area contributed by atoms with Gasteiger partial charge in [-0.1, -0.05) is 30.3 Å². The van der Waals surface area contributed by atoms with Crippen LogP contribution in [-0.2, 0) is 18.6 Å². The second-order valence-corrected chi connectivity index (χ2v) is 7.71. The fourth-order valence-electron chi connectivity index (χ4n) is 4.25. The maximum atomic E-state index is 12.9. The molecular formula is C20H25F3N4. The Morgan fingerprint density at radius 2 is 1.93 bits per heavy atom. The summed E-state index contributed by atoms with van der Waals surface area (Å²) in [6.45, 7) is 8.86. The van der Waals surface area contributed by atoms with E-state index in [0.29, 0.717) is 0 Å². The number of hydrogen-bond acceptors (Lipinski definition) is 3. The second kappa shape index (κ2) is 7.11. The second-order valence-electron chi connectivity index (χ2n) is 7.71. The number of hydrogen-bond donors (Lipinski definition) is 0. The molecule has 1 aromatic heterocycles. The van der Waals surface area contributed by atoms with Crippen LogP contribution in [0.2, 0.25) is 0 Å². The van der Waals surface area contributed by atoms with Crippen molar-refractivity contribution >= 4 is 0 Å². The first kappa shape index (κ1) is 19.6. The lowest BCUT2D eigenvalue weighted by Gasteiger charge is -2.48. The third-order valence-electron chi connectivity index (χ3n) is 5.57. The van der Waals surface area contributed by atoms with Gasteiger partial charge >= 0.3 is 6.18 Å². The van der Waals surface area contributed by atoms with Crippen LogP contribution >= 0.6 is 0 Å². The summed E-state index contributed by atoms with van der Waals surface area (Å²) < 4.78 is 40.4. The van der Waals surface area contributed by atoms with Crippen molar-refractivity contribution in [2.75, 3.05) is 6.54 Å². The van der Waals surface area contributed by atoms with Gasteiger partial charge in [0.1, 0.15) is 0 Å². The largest absolute Gasteiger partial charge is 0.416 e. The summed E-state index contributed by atoms with van der Waals surface area (Å²) in [7, 11) is 1.83. The van der Waals surface area contributed by atoms with Gasteiger partial charge < -0.3 is 0 Å². The van der Waals surface area contributed by atoms with E-state index >= 15 is 0 Å². The third kappa shape index (κ3) is 3.93. The molecule has 0 N–H and O–H groups in total. The minimum absolute atomic E-state index is 0.0349. The molecule has 1 aliphatic heterocycles. The Morgan fingerprint density at radius 3 is 2.44 bits per heavy atom. The summed E-state index contributed by atoms with van der Waals surface area (Å²) >= 11 is 0. The number of alkyl halides is 3. The number of piperidine rings is 1. The van der Waals surface area contributed by atoms with Crippen LogP contribution in [0.25, 0.3) is 0 Å². The highest BCUT2D eigenvalue weighted by molar-refractivity contribution is 5.32. The maximum absolute atomic E-state index is 12.9. The molecule has 4 nitrogen and oxygen atoms in total. The van der Waals surface area contributed by atoms with Gasteiger partial charge in [0.2, 0.25) is 0 Å². The molecule has 27 heavy (non-hydrogen) atoms. The van der Waals surface area contributed by atoms with E-state index in [1.54, 1.807) is 16.8 Å². The Hall–Kier alpha value is -2.15. The molecule has 1 aliphatic rings. The van der Waals surface area contributed by atoms with E-state index in [9.17, 15) is 13.2 Å². The summed E-state index contributed by atoms with van der Waals surface area (Å²) in [5, 5.41) is 8.36. The lowest BCUT2D eigenvalue weighted by molar-refractivity contribution is -0.137. The molecule has 1 saturated heterocycles. The van der Waals surface area contributed by atoms with Crippen LogP contribution in [0, 0.1) is 0 Å². The van der Waals surface area contributed by atoms with Crippen LogP contribution in [0.3, 0.4) is 0 Å². The van der Waals surface area contributed by atoms with Crippen molar-refractivity contribution in [3.05, 3.63) is 59.9 Å². The van der Waals surface area contributed by atoms with Crippen LogP contribution in [0.15, 0.2) is 43.1 Å². The number of halogens is 3. The molecule has 3 atom stereocenters. The SMILES string of the molecule is C=CCN1[C@@H](C)C[C@@](C)(c2ccc(C(F)(F)F)cc2)C[C@H]1c1cn(C)nn1. The lowest BCUT2D eigenvalue weighted by atomic mass is 9.69. The Kier molecular flexibility index (Phi) is 5.16. The normalized spacial score (nSPS) is 26.9. The molecule has 1 aromatic carbocycles. The first-order valence-corrected chi connectivity index (χ1v) is 9.04. The van der Waals surface area contributed by atoms with Gasteiger partial charge in [0, 0.05) is 25.8 Å². The van der Waals surface area contributed by atoms with Crippen molar-refractivity contribution in [1.29, 1.82) is 0 Å². The Labute approximate surface area is 157 Å². The van der Waals surface area contributed by atoms with Gasteiger partial charge in [-0.25, -0.2) is 0 Å². The van der Waals surface area contributed by atoms with E-state index in [4.69, 9.17) is 0 Å². The number of likely N-dealkylation sites (tertiary alicyclic amines) is 1. The molecule has 0 saturated carbocycles. The van der Waals surface area contributed by atoms with Crippen molar-refractivity contribution in [2.45, 2.75) is 50.4 Å². The van der Waals surface area contributed by atoms with Crippen LogP contribution in [0.1, 0.15) is 49.6 Å². The van der Waals surface area contributed by atoms with Crippen molar-refractivity contribution in [3.63, 3.8) is 0 Å². The summed E-state index contributed by atoms with van der Waals surface area (Å²) in [6.07, 6.45) is 1.08. The molecule has 0 radical (unpaired) electrons.